The Bertz CT molecular complexity index is 557. The van der Waals surface area contributed by atoms with Gasteiger partial charge in [0.15, 0.2) is 0 Å². The topological polar surface area (TPSA) is 42.2 Å². The van der Waals surface area contributed by atoms with Gasteiger partial charge in [-0.2, -0.15) is 0 Å². The Kier molecular flexibility index (Phi) is 2.42. The van der Waals surface area contributed by atoms with Crippen LogP contribution in [0.4, 0.5) is 4.39 Å². The Morgan fingerprint density at radius 2 is 2.12 bits per heavy atom. The van der Waals surface area contributed by atoms with Crippen LogP contribution in [0.25, 0.3) is 10.9 Å². The zero-order valence-electron chi connectivity index (χ0n) is 9.07. The molecule has 0 bridgehead atoms. The Labute approximate surface area is 92.1 Å². The lowest BCUT2D eigenvalue weighted by Crippen LogP contribution is -2.01. The minimum atomic E-state index is -1.11. The second-order valence-corrected chi connectivity index (χ2v) is 4.01. The third-order valence-corrected chi connectivity index (χ3v) is 2.59. The highest BCUT2D eigenvalue weighted by Gasteiger charge is 2.14. The van der Waals surface area contributed by atoms with Crippen molar-refractivity contribution >= 4 is 16.9 Å². The number of rotatable bonds is 2. The number of aromatic carboxylic acids is 1. The molecule has 0 unspecified atom stereocenters. The van der Waals surface area contributed by atoms with Crippen molar-refractivity contribution in [2.24, 2.45) is 0 Å². The predicted octanol–water partition coefficient (Wildman–Crippen LogP) is 3.06. The van der Waals surface area contributed by atoms with E-state index in [2.05, 4.69) is 0 Å². The van der Waals surface area contributed by atoms with Gasteiger partial charge in [-0.3, -0.25) is 0 Å². The molecule has 0 fully saturated rings. The van der Waals surface area contributed by atoms with Crippen molar-refractivity contribution in [3.8, 4) is 0 Å². The van der Waals surface area contributed by atoms with Crippen LogP contribution in [0.15, 0.2) is 24.4 Å². The molecule has 4 heteroatoms. The predicted molar refractivity (Wildman–Crippen MR) is 59.2 cm³/mol. The molecule has 0 aliphatic carbocycles. The Balaban J connectivity index is 2.81. The lowest BCUT2D eigenvalue weighted by atomic mass is 10.1. The first-order chi connectivity index (χ1) is 7.50. The third-order valence-electron chi connectivity index (χ3n) is 2.59. The molecule has 1 N–H and O–H groups in total. The summed E-state index contributed by atoms with van der Waals surface area (Å²) in [4.78, 5) is 11.0. The van der Waals surface area contributed by atoms with Crippen LogP contribution in [-0.4, -0.2) is 15.6 Å². The molecule has 1 aromatic carbocycles. The first kappa shape index (κ1) is 10.7. The molecule has 0 spiro atoms. The summed E-state index contributed by atoms with van der Waals surface area (Å²) in [5.74, 6) is -1.63. The van der Waals surface area contributed by atoms with Crippen molar-refractivity contribution < 1.29 is 14.3 Å². The molecule has 0 aliphatic rings. The second-order valence-electron chi connectivity index (χ2n) is 4.01. The molecule has 0 saturated carbocycles. The van der Waals surface area contributed by atoms with E-state index in [9.17, 15) is 9.18 Å². The largest absolute Gasteiger partial charge is 0.478 e. The van der Waals surface area contributed by atoms with Gasteiger partial charge < -0.3 is 9.67 Å². The molecule has 0 atom stereocenters. The number of benzene rings is 1. The van der Waals surface area contributed by atoms with E-state index < -0.39 is 11.8 Å². The van der Waals surface area contributed by atoms with Gasteiger partial charge in [0.25, 0.3) is 0 Å². The molecular formula is C12H12FNO2. The normalized spacial score (nSPS) is 11.2. The number of hydrogen-bond donors (Lipinski definition) is 1. The third kappa shape index (κ3) is 1.56. The van der Waals surface area contributed by atoms with Crippen LogP contribution in [0.3, 0.4) is 0 Å². The van der Waals surface area contributed by atoms with Gasteiger partial charge in [0.2, 0.25) is 0 Å². The number of carboxylic acid groups (broad SMARTS) is 1. The van der Waals surface area contributed by atoms with Gasteiger partial charge in [0.05, 0.1) is 11.1 Å². The van der Waals surface area contributed by atoms with Gasteiger partial charge in [0.1, 0.15) is 5.82 Å². The maximum absolute atomic E-state index is 13.3. The molecule has 3 nitrogen and oxygen atoms in total. The zero-order valence-corrected chi connectivity index (χ0v) is 9.07. The molecule has 84 valence electrons. The second kappa shape index (κ2) is 3.63. The first-order valence-corrected chi connectivity index (χ1v) is 5.04. The monoisotopic (exact) mass is 221 g/mol. The fraction of sp³-hybridized carbons (Fsp3) is 0.250. The molecule has 2 aromatic rings. The van der Waals surface area contributed by atoms with Crippen molar-refractivity contribution in [1.29, 1.82) is 0 Å². The van der Waals surface area contributed by atoms with E-state index in [4.69, 9.17) is 5.11 Å². The van der Waals surface area contributed by atoms with E-state index in [0.29, 0.717) is 10.9 Å². The number of fused-ring (bicyclic) bond motifs is 1. The Morgan fingerprint density at radius 3 is 2.69 bits per heavy atom. The minimum absolute atomic E-state index is 0.00870. The fourth-order valence-electron chi connectivity index (χ4n) is 1.85. The smallest absolute Gasteiger partial charge is 0.336 e. The molecule has 0 radical (unpaired) electrons. The summed E-state index contributed by atoms with van der Waals surface area (Å²) in [5, 5.41) is 9.55. The summed E-state index contributed by atoms with van der Waals surface area (Å²) in [6.45, 7) is 3.93. The van der Waals surface area contributed by atoms with Gasteiger partial charge in [-0.15, -0.1) is 0 Å². The zero-order chi connectivity index (χ0) is 11.9. The number of halogens is 1. The summed E-state index contributed by atoms with van der Waals surface area (Å²) < 4.78 is 15.2. The molecule has 0 saturated heterocycles. The van der Waals surface area contributed by atoms with Crippen LogP contribution in [-0.2, 0) is 0 Å². The van der Waals surface area contributed by atoms with Gasteiger partial charge in [-0.05, 0) is 32.0 Å². The lowest BCUT2D eigenvalue weighted by molar-refractivity contribution is 0.0698. The molecule has 1 aromatic heterocycles. The van der Waals surface area contributed by atoms with Crippen LogP contribution < -0.4 is 0 Å². The number of carboxylic acids is 1. The average molecular weight is 221 g/mol. The van der Waals surface area contributed by atoms with Crippen molar-refractivity contribution in [1.82, 2.24) is 4.57 Å². The van der Waals surface area contributed by atoms with Crippen LogP contribution >= 0.6 is 0 Å². The van der Waals surface area contributed by atoms with Crippen LogP contribution in [0.1, 0.15) is 30.2 Å². The highest BCUT2D eigenvalue weighted by molar-refractivity contribution is 6.03. The molecule has 0 amide bonds. The number of nitrogens with zero attached hydrogens (tertiary/aromatic N) is 1. The number of aromatic nitrogens is 1. The van der Waals surface area contributed by atoms with E-state index in [0.717, 1.165) is 6.07 Å². The first-order valence-electron chi connectivity index (χ1n) is 5.04. The number of hydrogen-bond acceptors (Lipinski definition) is 1. The minimum Gasteiger partial charge on any atom is -0.478 e. The van der Waals surface area contributed by atoms with Crippen molar-refractivity contribution in [2.75, 3.05) is 0 Å². The Morgan fingerprint density at radius 1 is 1.44 bits per heavy atom. The van der Waals surface area contributed by atoms with Crippen molar-refractivity contribution in [3.05, 3.63) is 35.8 Å². The summed E-state index contributed by atoms with van der Waals surface area (Å²) in [7, 11) is 0. The van der Waals surface area contributed by atoms with E-state index in [1.165, 1.54) is 6.07 Å². The van der Waals surface area contributed by atoms with Gasteiger partial charge in [0, 0.05) is 17.6 Å². The van der Waals surface area contributed by atoms with Gasteiger partial charge in [-0.1, -0.05) is 0 Å². The average Bonchev–Trinajstić information content (AvgIpc) is 2.59. The standard InChI is InChI=1S/C12H12FNO2/c1-7(2)14-4-3-9-10(12(15)16)5-8(13)6-11(9)14/h3-7H,1-2H3,(H,15,16). The maximum atomic E-state index is 13.3. The summed E-state index contributed by atoms with van der Waals surface area (Å²) >= 11 is 0. The highest BCUT2D eigenvalue weighted by atomic mass is 19.1. The summed E-state index contributed by atoms with van der Waals surface area (Å²) in [5.41, 5.74) is 0.627. The summed E-state index contributed by atoms with van der Waals surface area (Å²) in [6.07, 6.45) is 1.78. The highest BCUT2D eigenvalue weighted by Crippen LogP contribution is 2.24. The SMILES string of the molecule is CC(C)n1ccc2c(C(=O)O)cc(F)cc21. The van der Waals surface area contributed by atoms with Crippen molar-refractivity contribution in [3.63, 3.8) is 0 Å². The lowest BCUT2D eigenvalue weighted by Gasteiger charge is -2.09. The van der Waals surface area contributed by atoms with Crippen LogP contribution in [0, 0.1) is 5.82 Å². The summed E-state index contributed by atoms with van der Waals surface area (Å²) in [6, 6.07) is 4.29. The fourth-order valence-corrected chi connectivity index (χ4v) is 1.85. The number of carbonyl (C=O) groups is 1. The molecular weight excluding hydrogens is 209 g/mol. The van der Waals surface area contributed by atoms with Gasteiger partial charge >= 0.3 is 5.97 Å². The maximum Gasteiger partial charge on any atom is 0.336 e. The Hall–Kier alpha value is -1.84. The van der Waals surface area contributed by atoms with E-state index in [1.807, 2.05) is 18.4 Å². The van der Waals surface area contributed by atoms with Crippen molar-refractivity contribution in [2.45, 2.75) is 19.9 Å². The van der Waals surface area contributed by atoms with Crippen LogP contribution in [0.5, 0.6) is 0 Å². The van der Waals surface area contributed by atoms with Crippen LogP contribution in [0.2, 0.25) is 0 Å². The molecule has 0 aliphatic heterocycles. The molecule has 2 rings (SSSR count). The van der Waals surface area contributed by atoms with E-state index in [-0.39, 0.29) is 11.6 Å². The van der Waals surface area contributed by atoms with Gasteiger partial charge in [-0.25, -0.2) is 9.18 Å². The molecule has 16 heavy (non-hydrogen) atoms. The quantitative estimate of drug-likeness (QED) is 0.846. The van der Waals surface area contributed by atoms with E-state index in [1.54, 1.807) is 12.3 Å². The molecule has 1 heterocycles. The van der Waals surface area contributed by atoms with E-state index >= 15 is 0 Å².